The van der Waals surface area contributed by atoms with Crippen LogP contribution in [0.3, 0.4) is 0 Å². The van der Waals surface area contributed by atoms with Gasteiger partial charge in [0.05, 0.1) is 6.54 Å². The van der Waals surface area contributed by atoms with E-state index in [-0.39, 0.29) is 30.1 Å². The number of hydrogen-bond acceptors (Lipinski definition) is 5. The van der Waals surface area contributed by atoms with Crippen molar-refractivity contribution in [1.82, 2.24) is 25.1 Å². The minimum absolute atomic E-state index is 0.0399. The summed E-state index contributed by atoms with van der Waals surface area (Å²) in [5, 5.41) is 6.60. The Labute approximate surface area is 190 Å². The maximum atomic E-state index is 14.3. The molecule has 2 aromatic heterocycles. The van der Waals surface area contributed by atoms with Crippen LogP contribution in [-0.4, -0.2) is 50.0 Å². The van der Waals surface area contributed by atoms with Crippen LogP contribution in [0.4, 0.5) is 10.2 Å². The standard InChI is InChI=1S/C24H25FN6O2/c1-15-18-8-9-21(32)31(14-16-5-2-3-7-19(16)25)23(18)28-22(27-15)17-6-4-12-30(13-17)24(33)20-10-11-26-29-20/h2-3,5,7,10-11,17H,4,6,8-9,12-14H2,1H3,(H,26,29)/t17-/m1/s1. The van der Waals surface area contributed by atoms with Crippen LogP contribution in [0.2, 0.25) is 0 Å². The third kappa shape index (κ3) is 4.10. The molecule has 0 bridgehead atoms. The highest BCUT2D eigenvalue weighted by atomic mass is 19.1. The van der Waals surface area contributed by atoms with Crippen LogP contribution >= 0.6 is 0 Å². The van der Waals surface area contributed by atoms with Gasteiger partial charge in [0.25, 0.3) is 5.91 Å². The summed E-state index contributed by atoms with van der Waals surface area (Å²) in [5.74, 6) is 0.638. The minimum Gasteiger partial charge on any atom is -0.337 e. The average Bonchev–Trinajstić information content (AvgIpc) is 3.37. The molecule has 0 spiro atoms. The molecule has 2 amide bonds. The maximum absolute atomic E-state index is 14.3. The van der Waals surface area contributed by atoms with Crippen LogP contribution in [0.25, 0.3) is 0 Å². The average molecular weight is 449 g/mol. The zero-order valence-corrected chi connectivity index (χ0v) is 18.4. The first-order valence-electron chi connectivity index (χ1n) is 11.2. The van der Waals surface area contributed by atoms with Crippen molar-refractivity contribution in [1.29, 1.82) is 0 Å². The van der Waals surface area contributed by atoms with Crippen LogP contribution in [0.1, 0.15) is 58.3 Å². The lowest BCUT2D eigenvalue weighted by Gasteiger charge is -2.34. The van der Waals surface area contributed by atoms with Crippen LogP contribution in [0, 0.1) is 12.7 Å². The lowest BCUT2D eigenvalue weighted by molar-refractivity contribution is -0.119. The highest BCUT2D eigenvalue weighted by molar-refractivity contribution is 5.95. The van der Waals surface area contributed by atoms with Gasteiger partial charge in [0.15, 0.2) is 0 Å². The van der Waals surface area contributed by atoms with Gasteiger partial charge in [0.2, 0.25) is 5.91 Å². The molecule has 8 nitrogen and oxygen atoms in total. The second-order valence-electron chi connectivity index (χ2n) is 8.60. The van der Waals surface area contributed by atoms with Crippen molar-refractivity contribution in [3.8, 4) is 0 Å². The number of nitrogens with zero attached hydrogens (tertiary/aromatic N) is 5. The number of halogens is 1. The predicted octanol–water partition coefficient (Wildman–Crippen LogP) is 3.15. The number of H-pyrrole nitrogens is 1. The van der Waals surface area contributed by atoms with Crippen molar-refractivity contribution in [2.75, 3.05) is 18.0 Å². The van der Waals surface area contributed by atoms with Crippen molar-refractivity contribution in [2.24, 2.45) is 0 Å². The van der Waals surface area contributed by atoms with E-state index < -0.39 is 0 Å². The summed E-state index contributed by atoms with van der Waals surface area (Å²) in [6.45, 7) is 3.22. The van der Waals surface area contributed by atoms with E-state index in [1.165, 1.54) is 6.07 Å². The fraction of sp³-hybridized carbons (Fsp3) is 0.375. The molecule has 5 rings (SSSR count). The van der Waals surface area contributed by atoms with Gasteiger partial charge in [-0.05, 0) is 38.3 Å². The number of nitrogens with one attached hydrogen (secondary N) is 1. The summed E-state index contributed by atoms with van der Waals surface area (Å²) in [4.78, 5) is 38.6. The second-order valence-corrected chi connectivity index (χ2v) is 8.60. The molecule has 1 N–H and O–H groups in total. The third-order valence-electron chi connectivity index (χ3n) is 6.45. The highest BCUT2D eigenvalue weighted by Crippen LogP contribution is 2.33. The summed E-state index contributed by atoms with van der Waals surface area (Å²) in [6.07, 6.45) is 4.17. The number of likely N-dealkylation sites (tertiary alicyclic amines) is 1. The Morgan fingerprint density at radius 1 is 1.21 bits per heavy atom. The van der Waals surface area contributed by atoms with E-state index in [1.54, 1.807) is 40.3 Å². The molecule has 9 heteroatoms. The molecule has 1 fully saturated rings. The van der Waals surface area contributed by atoms with Crippen molar-refractivity contribution in [2.45, 2.75) is 45.1 Å². The lowest BCUT2D eigenvalue weighted by atomic mass is 9.95. The highest BCUT2D eigenvalue weighted by Gasteiger charge is 2.32. The molecular weight excluding hydrogens is 423 g/mol. The molecule has 0 aliphatic carbocycles. The number of benzene rings is 1. The van der Waals surface area contributed by atoms with Crippen molar-refractivity contribution >= 4 is 17.6 Å². The number of rotatable bonds is 4. The second kappa shape index (κ2) is 8.73. The number of anilines is 1. The molecule has 3 aromatic rings. The monoisotopic (exact) mass is 448 g/mol. The number of fused-ring (bicyclic) bond motifs is 1. The molecule has 4 heterocycles. The van der Waals surface area contributed by atoms with E-state index in [9.17, 15) is 14.0 Å². The van der Waals surface area contributed by atoms with Gasteiger partial charge in [-0.1, -0.05) is 18.2 Å². The first-order valence-corrected chi connectivity index (χ1v) is 11.2. The number of carbonyl (C=O) groups is 2. The summed E-state index contributed by atoms with van der Waals surface area (Å²) >= 11 is 0. The first kappa shape index (κ1) is 21.2. The Bertz CT molecular complexity index is 1200. The summed E-state index contributed by atoms with van der Waals surface area (Å²) in [6, 6.07) is 8.14. The molecular formula is C24H25FN6O2. The molecule has 2 aliphatic rings. The van der Waals surface area contributed by atoms with Gasteiger partial charge in [-0.25, -0.2) is 14.4 Å². The first-order chi connectivity index (χ1) is 16.0. The molecule has 0 unspecified atom stereocenters. The van der Waals surface area contributed by atoms with Crippen molar-refractivity contribution < 1.29 is 14.0 Å². The van der Waals surface area contributed by atoms with Gasteiger partial charge in [-0.15, -0.1) is 0 Å². The molecule has 0 saturated carbocycles. The number of carbonyl (C=O) groups excluding carboxylic acids is 2. The largest absolute Gasteiger partial charge is 0.337 e. The molecule has 1 aromatic carbocycles. The fourth-order valence-corrected chi connectivity index (χ4v) is 4.66. The van der Waals surface area contributed by atoms with Crippen molar-refractivity contribution in [3.63, 3.8) is 0 Å². The van der Waals surface area contributed by atoms with Crippen molar-refractivity contribution in [3.05, 3.63) is 70.7 Å². The number of hydrogen-bond donors (Lipinski definition) is 1. The molecule has 33 heavy (non-hydrogen) atoms. The summed E-state index contributed by atoms with van der Waals surface area (Å²) in [5.41, 5.74) is 2.67. The molecule has 170 valence electrons. The molecule has 1 atom stereocenters. The third-order valence-corrected chi connectivity index (χ3v) is 6.45. The number of aromatic amines is 1. The quantitative estimate of drug-likeness (QED) is 0.662. The molecule has 2 aliphatic heterocycles. The van der Waals surface area contributed by atoms with Gasteiger partial charge in [-0.3, -0.25) is 19.6 Å². The van der Waals surface area contributed by atoms with Crippen LogP contribution in [-0.2, 0) is 17.8 Å². The van der Waals surface area contributed by atoms with E-state index in [4.69, 9.17) is 9.97 Å². The number of aromatic nitrogens is 4. The molecule has 1 saturated heterocycles. The number of amides is 2. The minimum atomic E-state index is -0.344. The Balaban J connectivity index is 1.45. The van der Waals surface area contributed by atoms with Crippen LogP contribution in [0.15, 0.2) is 36.5 Å². The van der Waals surface area contributed by atoms with E-state index >= 15 is 0 Å². The van der Waals surface area contributed by atoms with E-state index in [2.05, 4.69) is 10.2 Å². The van der Waals surface area contributed by atoms with E-state index in [1.807, 2.05) is 6.92 Å². The zero-order chi connectivity index (χ0) is 22.9. The van der Waals surface area contributed by atoms with Gasteiger partial charge < -0.3 is 4.90 Å². The Morgan fingerprint density at radius 2 is 2.06 bits per heavy atom. The number of piperidine rings is 1. The van der Waals surface area contributed by atoms with Crippen LogP contribution < -0.4 is 4.90 Å². The van der Waals surface area contributed by atoms with E-state index in [0.29, 0.717) is 48.8 Å². The van der Waals surface area contributed by atoms with Crippen LogP contribution in [0.5, 0.6) is 0 Å². The SMILES string of the molecule is Cc1nc([C@@H]2CCCN(C(=O)c3ccn[nH]3)C2)nc2c1CCC(=O)N2Cc1ccccc1F. The zero-order valence-electron chi connectivity index (χ0n) is 18.4. The fourth-order valence-electron chi connectivity index (χ4n) is 4.66. The van der Waals surface area contributed by atoms with Gasteiger partial charge in [-0.2, -0.15) is 5.10 Å². The normalized spacial score (nSPS) is 18.4. The van der Waals surface area contributed by atoms with E-state index in [0.717, 1.165) is 24.1 Å². The number of aryl methyl sites for hydroxylation is 1. The maximum Gasteiger partial charge on any atom is 0.271 e. The Kier molecular flexibility index (Phi) is 5.62. The van der Waals surface area contributed by atoms with Gasteiger partial charge in [0, 0.05) is 48.4 Å². The summed E-state index contributed by atoms with van der Waals surface area (Å²) < 4.78 is 14.3. The predicted molar refractivity (Wildman–Crippen MR) is 119 cm³/mol. The van der Waals surface area contributed by atoms with Gasteiger partial charge in [0.1, 0.15) is 23.2 Å². The Morgan fingerprint density at radius 3 is 2.85 bits per heavy atom. The lowest BCUT2D eigenvalue weighted by Crippen LogP contribution is -2.40. The molecule has 0 radical (unpaired) electrons. The topological polar surface area (TPSA) is 95.1 Å². The smallest absolute Gasteiger partial charge is 0.271 e. The summed E-state index contributed by atoms with van der Waals surface area (Å²) in [7, 11) is 0. The Hall–Kier alpha value is -3.62. The van der Waals surface area contributed by atoms with Gasteiger partial charge >= 0.3 is 0 Å².